The van der Waals surface area contributed by atoms with Crippen LogP contribution in [0.3, 0.4) is 0 Å². The molecule has 3 aromatic carbocycles. The van der Waals surface area contributed by atoms with Gasteiger partial charge in [0.15, 0.2) is 11.5 Å². The van der Waals surface area contributed by atoms with Crippen LogP contribution in [0.2, 0.25) is 10.0 Å². The monoisotopic (exact) mass is 454 g/mol. The Labute approximate surface area is 192 Å². The van der Waals surface area contributed by atoms with Crippen molar-refractivity contribution in [1.82, 2.24) is 5.32 Å². The Hall–Kier alpha value is -2.53. The standard InChI is InChI=1S/C25H24Cl2N2O2/c1-3-31-23-6-4-5-19(24(23)30)22-14-21(16-9-7-15(2)8-10-16)28-25(29-22)18-12-11-17(26)13-20(18)27/h4-13,22,25,29-30H,3,14H2,1-2H3. The van der Waals surface area contributed by atoms with Crippen molar-refractivity contribution in [2.24, 2.45) is 4.99 Å². The third-order valence-electron chi connectivity index (χ3n) is 5.39. The van der Waals surface area contributed by atoms with Gasteiger partial charge < -0.3 is 9.84 Å². The number of nitrogens with one attached hydrogen (secondary N) is 1. The first-order chi connectivity index (χ1) is 15.0. The number of aliphatic imine (C=N–C) groups is 1. The largest absolute Gasteiger partial charge is 0.504 e. The lowest BCUT2D eigenvalue weighted by Gasteiger charge is -2.31. The molecule has 2 N–H and O–H groups in total. The summed E-state index contributed by atoms with van der Waals surface area (Å²) in [5.41, 5.74) is 4.78. The molecule has 4 nitrogen and oxygen atoms in total. The molecule has 0 amide bonds. The van der Waals surface area contributed by atoms with Crippen molar-refractivity contribution < 1.29 is 9.84 Å². The molecule has 1 heterocycles. The van der Waals surface area contributed by atoms with Crippen LogP contribution in [-0.4, -0.2) is 17.4 Å². The molecule has 4 rings (SSSR count). The van der Waals surface area contributed by atoms with E-state index in [1.807, 2.05) is 31.2 Å². The van der Waals surface area contributed by atoms with Gasteiger partial charge >= 0.3 is 0 Å². The molecule has 0 fully saturated rings. The van der Waals surface area contributed by atoms with Crippen LogP contribution in [0.15, 0.2) is 65.7 Å². The van der Waals surface area contributed by atoms with Crippen molar-refractivity contribution in [2.75, 3.05) is 6.61 Å². The summed E-state index contributed by atoms with van der Waals surface area (Å²) in [4.78, 5) is 4.97. The molecule has 2 unspecified atom stereocenters. The first kappa shape index (κ1) is 21.7. The third-order valence-corrected chi connectivity index (χ3v) is 5.95. The van der Waals surface area contributed by atoms with E-state index in [4.69, 9.17) is 32.9 Å². The highest BCUT2D eigenvalue weighted by Gasteiger charge is 2.29. The number of hydrogen-bond acceptors (Lipinski definition) is 4. The quantitative estimate of drug-likeness (QED) is 0.454. The first-order valence-electron chi connectivity index (χ1n) is 10.3. The maximum Gasteiger partial charge on any atom is 0.162 e. The number of para-hydroxylation sites is 1. The first-order valence-corrected chi connectivity index (χ1v) is 11.0. The highest BCUT2D eigenvalue weighted by molar-refractivity contribution is 6.35. The van der Waals surface area contributed by atoms with E-state index in [2.05, 4.69) is 36.5 Å². The number of rotatable bonds is 5. The second kappa shape index (κ2) is 9.31. The van der Waals surface area contributed by atoms with E-state index in [0.29, 0.717) is 28.8 Å². The summed E-state index contributed by atoms with van der Waals surface area (Å²) >= 11 is 12.6. The van der Waals surface area contributed by atoms with Gasteiger partial charge in [0.05, 0.1) is 6.61 Å². The van der Waals surface area contributed by atoms with E-state index in [1.54, 1.807) is 12.1 Å². The topological polar surface area (TPSA) is 53.8 Å². The summed E-state index contributed by atoms with van der Waals surface area (Å²) in [5, 5.41) is 15.5. The molecule has 1 aliphatic rings. The van der Waals surface area contributed by atoms with Gasteiger partial charge in [-0.3, -0.25) is 10.3 Å². The highest BCUT2D eigenvalue weighted by atomic mass is 35.5. The average molecular weight is 455 g/mol. The summed E-state index contributed by atoms with van der Waals surface area (Å²) in [6.45, 7) is 4.43. The van der Waals surface area contributed by atoms with Crippen LogP contribution in [0.1, 0.15) is 47.8 Å². The minimum atomic E-state index is -0.380. The number of benzene rings is 3. The van der Waals surface area contributed by atoms with Crippen LogP contribution in [0.25, 0.3) is 0 Å². The second-order valence-electron chi connectivity index (χ2n) is 7.56. The second-order valence-corrected chi connectivity index (χ2v) is 8.40. The van der Waals surface area contributed by atoms with Gasteiger partial charge in [0, 0.05) is 39.3 Å². The molecule has 0 bridgehead atoms. The molecule has 0 saturated carbocycles. The van der Waals surface area contributed by atoms with Crippen LogP contribution in [0.4, 0.5) is 0 Å². The number of nitrogens with zero attached hydrogens (tertiary/aromatic N) is 1. The number of hydrogen-bond donors (Lipinski definition) is 2. The van der Waals surface area contributed by atoms with E-state index in [1.165, 1.54) is 5.56 Å². The minimum absolute atomic E-state index is 0.146. The number of phenolic OH excluding ortho intramolecular Hbond substituents is 1. The van der Waals surface area contributed by atoms with Crippen LogP contribution >= 0.6 is 23.2 Å². The third kappa shape index (κ3) is 4.72. The zero-order valence-corrected chi connectivity index (χ0v) is 18.9. The Bertz CT molecular complexity index is 1110. The summed E-state index contributed by atoms with van der Waals surface area (Å²) in [7, 11) is 0. The Morgan fingerprint density at radius 1 is 1.06 bits per heavy atom. The van der Waals surface area contributed by atoms with Crippen molar-refractivity contribution in [2.45, 2.75) is 32.5 Å². The fourth-order valence-corrected chi connectivity index (χ4v) is 4.31. The van der Waals surface area contributed by atoms with Gasteiger partial charge in [-0.25, -0.2) is 0 Å². The zero-order chi connectivity index (χ0) is 22.0. The van der Waals surface area contributed by atoms with Crippen LogP contribution in [-0.2, 0) is 0 Å². The normalized spacial score (nSPS) is 18.5. The maximum absolute atomic E-state index is 10.9. The van der Waals surface area contributed by atoms with E-state index in [9.17, 15) is 5.11 Å². The molecule has 3 aromatic rings. The number of halogens is 2. The Balaban J connectivity index is 1.77. The molecule has 0 saturated heterocycles. The van der Waals surface area contributed by atoms with Crippen LogP contribution < -0.4 is 10.1 Å². The molecule has 0 aliphatic carbocycles. The van der Waals surface area contributed by atoms with Crippen molar-refractivity contribution in [3.63, 3.8) is 0 Å². The van der Waals surface area contributed by atoms with Crippen molar-refractivity contribution in [3.8, 4) is 11.5 Å². The zero-order valence-electron chi connectivity index (χ0n) is 17.4. The molecule has 1 aliphatic heterocycles. The van der Waals surface area contributed by atoms with Crippen LogP contribution in [0.5, 0.6) is 11.5 Å². The summed E-state index contributed by atoms with van der Waals surface area (Å²) < 4.78 is 5.59. The predicted octanol–water partition coefficient (Wildman–Crippen LogP) is 6.63. The Morgan fingerprint density at radius 3 is 2.55 bits per heavy atom. The van der Waals surface area contributed by atoms with Gasteiger partial charge in [-0.15, -0.1) is 0 Å². The Kier molecular flexibility index (Phi) is 6.51. The molecule has 0 radical (unpaired) electrons. The highest BCUT2D eigenvalue weighted by Crippen LogP contribution is 2.40. The lowest BCUT2D eigenvalue weighted by atomic mass is 9.93. The number of ether oxygens (including phenoxy) is 1. The van der Waals surface area contributed by atoms with E-state index in [0.717, 1.165) is 22.4 Å². The van der Waals surface area contributed by atoms with E-state index >= 15 is 0 Å². The average Bonchev–Trinajstić information content (AvgIpc) is 2.75. The number of phenols is 1. The van der Waals surface area contributed by atoms with Gasteiger partial charge in [0.25, 0.3) is 0 Å². The van der Waals surface area contributed by atoms with Gasteiger partial charge in [-0.2, -0.15) is 0 Å². The fourth-order valence-electron chi connectivity index (χ4n) is 3.80. The molecule has 2 atom stereocenters. The van der Waals surface area contributed by atoms with E-state index < -0.39 is 0 Å². The molecular formula is C25H24Cl2N2O2. The summed E-state index contributed by atoms with van der Waals surface area (Å²) in [5.74, 6) is 0.621. The summed E-state index contributed by atoms with van der Waals surface area (Å²) in [6.07, 6.45) is 0.239. The van der Waals surface area contributed by atoms with Crippen molar-refractivity contribution >= 4 is 28.9 Å². The van der Waals surface area contributed by atoms with Crippen molar-refractivity contribution in [1.29, 1.82) is 0 Å². The SMILES string of the molecule is CCOc1cccc(C2CC(c3ccc(C)cc3)=NC(c3ccc(Cl)cc3Cl)N2)c1O. The predicted molar refractivity (Wildman–Crippen MR) is 127 cm³/mol. The Morgan fingerprint density at radius 2 is 1.84 bits per heavy atom. The van der Waals surface area contributed by atoms with Gasteiger partial charge in [0.2, 0.25) is 0 Å². The lowest BCUT2D eigenvalue weighted by molar-refractivity contribution is 0.313. The molecule has 0 spiro atoms. The molecule has 0 aromatic heterocycles. The molecule has 160 valence electrons. The number of aryl methyl sites for hydroxylation is 1. The molecule has 31 heavy (non-hydrogen) atoms. The van der Waals surface area contributed by atoms with Gasteiger partial charge in [-0.05, 0) is 37.6 Å². The lowest BCUT2D eigenvalue weighted by Crippen LogP contribution is -2.33. The summed E-state index contributed by atoms with van der Waals surface area (Å²) in [6, 6.07) is 19.1. The fraction of sp³-hybridized carbons (Fsp3) is 0.240. The van der Waals surface area contributed by atoms with Gasteiger partial charge in [-0.1, -0.05) is 71.2 Å². The van der Waals surface area contributed by atoms with E-state index in [-0.39, 0.29) is 18.0 Å². The van der Waals surface area contributed by atoms with Gasteiger partial charge in [0.1, 0.15) is 6.17 Å². The van der Waals surface area contributed by atoms with Crippen LogP contribution in [0, 0.1) is 6.92 Å². The molecule has 6 heteroatoms. The number of aromatic hydroxyl groups is 1. The molecular weight excluding hydrogens is 431 g/mol. The minimum Gasteiger partial charge on any atom is -0.504 e. The maximum atomic E-state index is 10.9. The smallest absolute Gasteiger partial charge is 0.162 e. The van der Waals surface area contributed by atoms with Crippen molar-refractivity contribution in [3.05, 3.63) is 93.0 Å².